The van der Waals surface area contributed by atoms with Crippen LogP contribution in [0, 0.1) is 0 Å². The first-order valence-corrected chi connectivity index (χ1v) is 5.10. The Bertz CT molecular complexity index is 289. The second-order valence-corrected chi connectivity index (χ2v) is 3.95. The topological polar surface area (TPSA) is 29.1 Å². The van der Waals surface area contributed by atoms with Crippen molar-refractivity contribution in [2.45, 2.75) is 18.9 Å². The number of halogens is 2. The zero-order chi connectivity index (χ0) is 10.4. The van der Waals surface area contributed by atoms with E-state index in [1.165, 1.54) is 0 Å². The Hall–Kier alpha value is -0.740. The summed E-state index contributed by atoms with van der Waals surface area (Å²) in [6.07, 6.45) is 1.42. The molecule has 1 aromatic rings. The Balaban J connectivity index is 2.57. The van der Waals surface area contributed by atoms with E-state index >= 15 is 0 Å². The number of rotatable bonds is 5. The van der Waals surface area contributed by atoms with Gasteiger partial charge in [0.15, 0.2) is 0 Å². The lowest BCUT2D eigenvalue weighted by Crippen LogP contribution is -2.24. The van der Waals surface area contributed by atoms with Crippen LogP contribution in [0.15, 0.2) is 28.7 Å². The molecule has 0 aliphatic heterocycles. The average molecular weight is 260 g/mol. The van der Waals surface area contributed by atoms with E-state index in [0.29, 0.717) is 6.42 Å². The average Bonchev–Trinajstić information content (AvgIpc) is 2.20. The molecule has 0 aromatic heterocycles. The van der Waals surface area contributed by atoms with E-state index in [1.807, 2.05) is 24.3 Å². The van der Waals surface area contributed by atoms with Crippen molar-refractivity contribution in [3.05, 3.63) is 34.3 Å². The Morgan fingerprint density at radius 1 is 1.43 bits per heavy atom. The summed E-state index contributed by atoms with van der Waals surface area (Å²) in [6.45, 7) is 0. The standard InChI is InChI=1S/C10H11BrFNO/c11-9-3-1-8(2-4-9)7-10(13-12)5-6-14/h1-4,6,10,13H,5,7H2/t10-/m1/s1. The maximum absolute atomic E-state index is 12.2. The largest absolute Gasteiger partial charge is 0.303 e. The van der Waals surface area contributed by atoms with E-state index < -0.39 is 6.04 Å². The molecule has 4 heteroatoms. The van der Waals surface area contributed by atoms with Gasteiger partial charge in [0.05, 0.1) is 0 Å². The summed E-state index contributed by atoms with van der Waals surface area (Å²) >= 11 is 3.31. The third-order valence-electron chi connectivity index (χ3n) is 1.93. The molecule has 0 bridgehead atoms. The van der Waals surface area contributed by atoms with Gasteiger partial charge in [0, 0.05) is 16.9 Å². The minimum atomic E-state index is -0.423. The summed E-state index contributed by atoms with van der Waals surface area (Å²) in [4.78, 5) is 10.2. The molecule has 1 atom stereocenters. The van der Waals surface area contributed by atoms with Gasteiger partial charge in [-0.05, 0) is 24.1 Å². The molecule has 0 saturated carbocycles. The molecule has 0 aliphatic rings. The first-order valence-electron chi connectivity index (χ1n) is 4.30. The number of carbonyl (C=O) groups is 1. The molecule has 0 unspecified atom stereocenters. The Labute approximate surface area is 90.6 Å². The maximum Gasteiger partial charge on any atom is 0.121 e. The fraction of sp³-hybridized carbons (Fsp3) is 0.300. The van der Waals surface area contributed by atoms with Crippen molar-refractivity contribution < 1.29 is 9.28 Å². The molecule has 0 aliphatic carbocycles. The van der Waals surface area contributed by atoms with Gasteiger partial charge in [0.2, 0.25) is 0 Å². The highest BCUT2D eigenvalue weighted by Gasteiger charge is 2.07. The van der Waals surface area contributed by atoms with Gasteiger partial charge in [-0.15, -0.1) is 4.48 Å². The van der Waals surface area contributed by atoms with Gasteiger partial charge in [-0.3, -0.25) is 0 Å². The number of benzene rings is 1. The summed E-state index contributed by atoms with van der Waals surface area (Å²) in [5, 5.41) is 0. The monoisotopic (exact) mass is 259 g/mol. The summed E-state index contributed by atoms with van der Waals surface area (Å²) in [5.74, 6) is 0. The zero-order valence-corrected chi connectivity index (χ0v) is 9.13. The van der Waals surface area contributed by atoms with E-state index in [1.54, 1.807) is 5.54 Å². The summed E-state index contributed by atoms with van der Waals surface area (Å²) < 4.78 is 13.2. The van der Waals surface area contributed by atoms with Crippen LogP contribution in [-0.2, 0) is 11.2 Å². The molecule has 0 spiro atoms. The van der Waals surface area contributed by atoms with Crippen LogP contribution in [0.5, 0.6) is 0 Å². The summed E-state index contributed by atoms with van der Waals surface area (Å²) in [6, 6.07) is 7.17. The molecule has 2 nitrogen and oxygen atoms in total. The Morgan fingerprint density at radius 3 is 2.57 bits per heavy atom. The Morgan fingerprint density at radius 2 is 2.07 bits per heavy atom. The van der Waals surface area contributed by atoms with Crippen LogP contribution in [0.2, 0.25) is 0 Å². The third kappa shape index (κ3) is 3.55. The van der Waals surface area contributed by atoms with Crippen LogP contribution in [0.1, 0.15) is 12.0 Å². The number of aldehydes is 1. The van der Waals surface area contributed by atoms with Crippen LogP contribution in [0.4, 0.5) is 4.48 Å². The van der Waals surface area contributed by atoms with Crippen molar-refractivity contribution in [2.24, 2.45) is 0 Å². The minimum absolute atomic E-state index is 0.187. The molecule has 0 amide bonds. The van der Waals surface area contributed by atoms with Gasteiger partial charge in [-0.25, -0.2) is 0 Å². The zero-order valence-electron chi connectivity index (χ0n) is 7.54. The van der Waals surface area contributed by atoms with Crippen LogP contribution >= 0.6 is 15.9 Å². The number of hydrogen-bond acceptors (Lipinski definition) is 2. The quantitative estimate of drug-likeness (QED) is 0.650. The number of carbonyl (C=O) groups excluding carboxylic acids is 1. The van der Waals surface area contributed by atoms with Gasteiger partial charge in [-0.1, -0.05) is 28.1 Å². The highest BCUT2D eigenvalue weighted by molar-refractivity contribution is 9.10. The first kappa shape index (κ1) is 11.3. The molecule has 0 heterocycles. The fourth-order valence-corrected chi connectivity index (χ4v) is 1.45. The molecule has 76 valence electrons. The molecule has 0 radical (unpaired) electrons. The molecule has 1 rings (SSSR count). The lowest BCUT2D eigenvalue weighted by atomic mass is 10.1. The van der Waals surface area contributed by atoms with Gasteiger partial charge >= 0.3 is 0 Å². The van der Waals surface area contributed by atoms with Crippen LogP contribution < -0.4 is 5.54 Å². The summed E-state index contributed by atoms with van der Waals surface area (Å²) in [7, 11) is 0. The van der Waals surface area contributed by atoms with Crippen molar-refractivity contribution in [2.75, 3.05) is 0 Å². The van der Waals surface area contributed by atoms with Gasteiger partial charge in [0.1, 0.15) is 6.29 Å². The first-order chi connectivity index (χ1) is 6.76. The van der Waals surface area contributed by atoms with E-state index in [-0.39, 0.29) is 6.42 Å². The predicted molar refractivity (Wildman–Crippen MR) is 56.6 cm³/mol. The lowest BCUT2D eigenvalue weighted by molar-refractivity contribution is -0.108. The van der Waals surface area contributed by atoms with Crippen LogP contribution in [0.3, 0.4) is 0 Å². The summed E-state index contributed by atoms with van der Waals surface area (Å²) in [5.41, 5.74) is 2.63. The van der Waals surface area contributed by atoms with Crippen molar-refractivity contribution in [1.29, 1.82) is 0 Å². The van der Waals surface area contributed by atoms with Crippen molar-refractivity contribution in [3.63, 3.8) is 0 Å². The highest BCUT2D eigenvalue weighted by Crippen LogP contribution is 2.12. The van der Waals surface area contributed by atoms with E-state index in [2.05, 4.69) is 15.9 Å². The van der Waals surface area contributed by atoms with Crippen LogP contribution in [-0.4, -0.2) is 12.3 Å². The molecule has 0 saturated heterocycles. The fourth-order valence-electron chi connectivity index (χ4n) is 1.19. The number of nitrogens with one attached hydrogen (secondary N) is 1. The maximum atomic E-state index is 12.2. The molecule has 14 heavy (non-hydrogen) atoms. The predicted octanol–water partition coefficient (Wildman–Crippen LogP) is 2.42. The van der Waals surface area contributed by atoms with Crippen molar-refractivity contribution in [1.82, 2.24) is 5.54 Å². The molecule has 1 N–H and O–H groups in total. The van der Waals surface area contributed by atoms with Crippen molar-refractivity contribution >= 4 is 22.2 Å². The number of hydrogen-bond donors (Lipinski definition) is 1. The van der Waals surface area contributed by atoms with Crippen LogP contribution in [0.25, 0.3) is 0 Å². The minimum Gasteiger partial charge on any atom is -0.303 e. The van der Waals surface area contributed by atoms with Gasteiger partial charge in [-0.2, -0.15) is 5.54 Å². The normalized spacial score (nSPS) is 12.4. The van der Waals surface area contributed by atoms with E-state index in [9.17, 15) is 9.28 Å². The molecule has 0 fully saturated rings. The Kier molecular flexibility index (Phi) is 4.76. The van der Waals surface area contributed by atoms with Crippen molar-refractivity contribution in [3.8, 4) is 0 Å². The second kappa shape index (κ2) is 5.88. The molecule has 1 aromatic carbocycles. The van der Waals surface area contributed by atoms with E-state index in [4.69, 9.17) is 0 Å². The SMILES string of the molecule is O=CC[C@H](Cc1ccc(Br)cc1)NF. The smallest absolute Gasteiger partial charge is 0.121 e. The van der Waals surface area contributed by atoms with Gasteiger partial charge in [0.25, 0.3) is 0 Å². The third-order valence-corrected chi connectivity index (χ3v) is 2.46. The second-order valence-electron chi connectivity index (χ2n) is 3.04. The van der Waals surface area contributed by atoms with E-state index in [0.717, 1.165) is 16.3 Å². The highest BCUT2D eigenvalue weighted by atomic mass is 79.9. The molecular weight excluding hydrogens is 249 g/mol. The van der Waals surface area contributed by atoms with Gasteiger partial charge < -0.3 is 4.79 Å². The molecular formula is C10H11BrFNO. The lowest BCUT2D eigenvalue weighted by Gasteiger charge is -2.09.